The minimum atomic E-state index is -0.733. The maximum absolute atomic E-state index is 13.6. The SMILES string of the molecule is Cn1ccc2c(Cc3cccc(F)c3)cc(C(=O)N[C@H]3CCOC[C@H]3O)nc21. The summed E-state index contributed by atoms with van der Waals surface area (Å²) in [4.78, 5) is 17.3. The topological polar surface area (TPSA) is 76.4 Å². The minimum Gasteiger partial charge on any atom is -0.389 e. The zero-order valence-corrected chi connectivity index (χ0v) is 15.6. The number of carbonyl (C=O) groups is 1. The summed E-state index contributed by atoms with van der Waals surface area (Å²) in [6.07, 6.45) is 2.19. The Morgan fingerprint density at radius 3 is 3.04 bits per heavy atom. The largest absolute Gasteiger partial charge is 0.389 e. The molecule has 146 valence electrons. The van der Waals surface area contributed by atoms with Gasteiger partial charge in [-0.15, -0.1) is 0 Å². The lowest BCUT2D eigenvalue weighted by Gasteiger charge is -2.28. The van der Waals surface area contributed by atoms with E-state index >= 15 is 0 Å². The van der Waals surface area contributed by atoms with Crippen molar-refractivity contribution in [3.05, 3.63) is 65.2 Å². The van der Waals surface area contributed by atoms with Crippen LogP contribution in [0.3, 0.4) is 0 Å². The number of aliphatic hydroxyl groups excluding tert-OH is 1. The van der Waals surface area contributed by atoms with Crippen LogP contribution in [-0.4, -0.2) is 45.9 Å². The quantitative estimate of drug-likeness (QED) is 0.724. The number of amides is 1. The summed E-state index contributed by atoms with van der Waals surface area (Å²) in [7, 11) is 1.87. The highest BCUT2D eigenvalue weighted by Crippen LogP contribution is 2.23. The van der Waals surface area contributed by atoms with Gasteiger partial charge in [-0.1, -0.05) is 12.1 Å². The third-order valence-electron chi connectivity index (χ3n) is 5.08. The molecule has 3 heterocycles. The highest BCUT2D eigenvalue weighted by atomic mass is 19.1. The van der Waals surface area contributed by atoms with Crippen LogP contribution < -0.4 is 5.32 Å². The van der Waals surface area contributed by atoms with E-state index in [-0.39, 0.29) is 30.1 Å². The normalized spacial score (nSPS) is 19.7. The first-order valence-electron chi connectivity index (χ1n) is 9.27. The number of benzene rings is 1. The number of hydrogen-bond acceptors (Lipinski definition) is 4. The zero-order chi connectivity index (χ0) is 19.7. The fraction of sp³-hybridized carbons (Fsp3) is 0.333. The first kappa shape index (κ1) is 18.6. The first-order chi connectivity index (χ1) is 13.5. The second kappa shape index (κ2) is 7.69. The van der Waals surface area contributed by atoms with Crippen molar-refractivity contribution in [1.82, 2.24) is 14.9 Å². The van der Waals surface area contributed by atoms with Crippen LogP contribution in [0.15, 0.2) is 42.6 Å². The summed E-state index contributed by atoms with van der Waals surface area (Å²) >= 11 is 0. The molecule has 6 nitrogen and oxygen atoms in total. The molecule has 28 heavy (non-hydrogen) atoms. The third-order valence-corrected chi connectivity index (χ3v) is 5.08. The van der Waals surface area contributed by atoms with Crippen molar-refractivity contribution in [2.45, 2.75) is 25.0 Å². The van der Waals surface area contributed by atoms with Crippen LogP contribution in [0, 0.1) is 5.82 Å². The Balaban J connectivity index is 1.67. The number of pyridine rings is 1. The molecule has 0 bridgehead atoms. The smallest absolute Gasteiger partial charge is 0.270 e. The number of hydrogen-bond donors (Lipinski definition) is 2. The fourth-order valence-electron chi connectivity index (χ4n) is 3.56. The van der Waals surface area contributed by atoms with Crippen LogP contribution >= 0.6 is 0 Å². The summed E-state index contributed by atoms with van der Waals surface area (Å²) in [5, 5.41) is 13.8. The van der Waals surface area contributed by atoms with Crippen molar-refractivity contribution < 1.29 is 19.0 Å². The van der Waals surface area contributed by atoms with Crippen LogP contribution in [-0.2, 0) is 18.2 Å². The van der Waals surface area contributed by atoms with Gasteiger partial charge in [0, 0.05) is 25.2 Å². The van der Waals surface area contributed by atoms with Crippen molar-refractivity contribution in [1.29, 1.82) is 0 Å². The molecule has 1 aliphatic rings. The average molecular weight is 383 g/mol. The number of aryl methyl sites for hydroxylation is 1. The van der Waals surface area contributed by atoms with E-state index in [1.807, 2.05) is 29.9 Å². The Hall–Kier alpha value is -2.77. The Morgan fingerprint density at radius 2 is 2.25 bits per heavy atom. The van der Waals surface area contributed by atoms with E-state index in [1.165, 1.54) is 12.1 Å². The molecule has 2 aromatic heterocycles. The molecule has 1 amide bonds. The van der Waals surface area contributed by atoms with Gasteiger partial charge in [0.15, 0.2) is 0 Å². The van der Waals surface area contributed by atoms with Gasteiger partial charge < -0.3 is 19.7 Å². The summed E-state index contributed by atoms with van der Waals surface area (Å²) in [6, 6.07) is 9.76. The highest BCUT2D eigenvalue weighted by Gasteiger charge is 2.26. The molecule has 2 atom stereocenters. The van der Waals surface area contributed by atoms with Gasteiger partial charge >= 0.3 is 0 Å². The minimum absolute atomic E-state index is 0.208. The predicted octanol–water partition coefficient (Wildman–Crippen LogP) is 2.18. The van der Waals surface area contributed by atoms with Crippen molar-refractivity contribution in [2.24, 2.45) is 7.05 Å². The molecule has 1 fully saturated rings. The van der Waals surface area contributed by atoms with Crippen LogP contribution in [0.2, 0.25) is 0 Å². The van der Waals surface area contributed by atoms with Crippen molar-refractivity contribution in [2.75, 3.05) is 13.2 Å². The van der Waals surface area contributed by atoms with E-state index in [1.54, 1.807) is 12.1 Å². The number of nitrogens with zero attached hydrogens (tertiary/aromatic N) is 2. The monoisotopic (exact) mass is 383 g/mol. The first-order valence-corrected chi connectivity index (χ1v) is 9.27. The van der Waals surface area contributed by atoms with E-state index in [4.69, 9.17) is 4.74 Å². The lowest BCUT2D eigenvalue weighted by atomic mass is 10.0. The Bertz CT molecular complexity index is 1020. The lowest BCUT2D eigenvalue weighted by molar-refractivity contribution is -0.0261. The number of aliphatic hydroxyl groups is 1. The number of halogens is 1. The molecule has 1 aliphatic heterocycles. The van der Waals surface area contributed by atoms with E-state index < -0.39 is 6.10 Å². The molecule has 0 unspecified atom stereocenters. The van der Waals surface area contributed by atoms with Gasteiger partial charge in [0.2, 0.25) is 0 Å². The molecule has 4 rings (SSSR count). The maximum atomic E-state index is 13.6. The van der Waals surface area contributed by atoms with E-state index in [2.05, 4.69) is 10.3 Å². The molecule has 0 spiro atoms. The van der Waals surface area contributed by atoms with Crippen molar-refractivity contribution in [3.8, 4) is 0 Å². The summed E-state index contributed by atoms with van der Waals surface area (Å²) < 4.78 is 20.6. The standard InChI is InChI=1S/C21H22FN3O3/c1-25-7-5-16-14(9-13-3-2-4-15(22)10-13)11-18(23-20(16)25)21(27)24-17-6-8-28-12-19(17)26/h2-5,7,10-11,17,19,26H,6,8-9,12H2,1H3,(H,24,27)/t17-,19+/m0/s1. The Morgan fingerprint density at radius 1 is 1.39 bits per heavy atom. The van der Waals surface area contributed by atoms with Crippen LogP contribution in [0.5, 0.6) is 0 Å². The van der Waals surface area contributed by atoms with Gasteiger partial charge in [0.25, 0.3) is 5.91 Å². The molecule has 7 heteroatoms. The van der Waals surface area contributed by atoms with Crippen LogP contribution in [0.1, 0.15) is 28.0 Å². The molecule has 3 aromatic rings. The number of ether oxygens (including phenoxy) is 1. The van der Waals surface area contributed by atoms with Gasteiger partial charge in [-0.2, -0.15) is 0 Å². The second-order valence-electron chi connectivity index (χ2n) is 7.15. The van der Waals surface area contributed by atoms with Crippen molar-refractivity contribution >= 4 is 16.9 Å². The van der Waals surface area contributed by atoms with Gasteiger partial charge in [0.05, 0.1) is 18.8 Å². The summed E-state index contributed by atoms with van der Waals surface area (Å²) in [6.45, 7) is 0.706. The summed E-state index contributed by atoms with van der Waals surface area (Å²) in [5.41, 5.74) is 2.68. The number of aromatic nitrogens is 2. The molecular formula is C21H22FN3O3. The van der Waals surface area contributed by atoms with Crippen molar-refractivity contribution in [3.63, 3.8) is 0 Å². The molecule has 0 aliphatic carbocycles. The number of nitrogens with one attached hydrogen (secondary N) is 1. The van der Waals surface area contributed by atoms with E-state index in [9.17, 15) is 14.3 Å². The molecule has 0 radical (unpaired) electrons. The molecule has 2 N–H and O–H groups in total. The number of rotatable bonds is 4. The lowest BCUT2D eigenvalue weighted by Crippen LogP contribution is -2.48. The molecule has 0 saturated carbocycles. The second-order valence-corrected chi connectivity index (χ2v) is 7.15. The molecule has 1 saturated heterocycles. The number of carbonyl (C=O) groups excluding carboxylic acids is 1. The maximum Gasteiger partial charge on any atom is 0.270 e. The van der Waals surface area contributed by atoms with Crippen LogP contribution in [0.4, 0.5) is 4.39 Å². The average Bonchev–Trinajstić information content (AvgIpc) is 3.05. The van der Waals surface area contributed by atoms with Gasteiger partial charge in [-0.25, -0.2) is 9.37 Å². The third kappa shape index (κ3) is 3.76. The van der Waals surface area contributed by atoms with Crippen LogP contribution in [0.25, 0.3) is 11.0 Å². The Kier molecular flexibility index (Phi) is 5.11. The van der Waals surface area contributed by atoms with Gasteiger partial charge in [-0.3, -0.25) is 4.79 Å². The van der Waals surface area contributed by atoms with Gasteiger partial charge in [-0.05, 0) is 48.2 Å². The Labute approximate surface area is 162 Å². The highest BCUT2D eigenvalue weighted by molar-refractivity contribution is 5.95. The zero-order valence-electron chi connectivity index (χ0n) is 15.6. The predicted molar refractivity (Wildman–Crippen MR) is 103 cm³/mol. The molecular weight excluding hydrogens is 361 g/mol. The number of fused-ring (bicyclic) bond motifs is 1. The van der Waals surface area contributed by atoms with E-state index in [0.29, 0.717) is 25.1 Å². The fourth-order valence-corrected chi connectivity index (χ4v) is 3.56. The van der Waals surface area contributed by atoms with Gasteiger partial charge in [0.1, 0.15) is 17.2 Å². The van der Waals surface area contributed by atoms with E-state index in [0.717, 1.165) is 16.5 Å². The summed E-state index contributed by atoms with van der Waals surface area (Å²) in [5.74, 6) is -0.628. The molecule has 1 aromatic carbocycles.